The number of methoxy groups -OCH3 is 1. The Morgan fingerprint density at radius 1 is 1.25 bits per heavy atom. The van der Waals surface area contributed by atoms with E-state index >= 15 is 0 Å². The molecule has 4 nitrogen and oxygen atoms in total. The summed E-state index contributed by atoms with van der Waals surface area (Å²) in [7, 11) is 1.47. The molecule has 1 aliphatic rings. The molecule has 0 bridgehead atoms. The minimum absolute atomic E-state index is 0.0919. The lowest BCUT2D eigenvalue weighted by Crippen LogP contribution is -2.48. The van der Waals surface area contributed by atoms with Crippen molar-refractivity contribution in [2.75, 3.05) is 33.3 Å². The fourth-order valence-corrected chi connectivity index (χ4v) is 3.86. The van der Waals surface area contributed by atoms with Gasteiger partial charge in [0.25, 0.3) is 5.91 Å². The second kappa shape index (κ2) is 7.51. The van der Waals surface area contributed by atoms with Gasteiger partial charge in [-0.25, -0.2) is 4.39 Å². The summed E-state index contributed by atoms with van der Waals surface area (Å²) in [6, 6.07) is 8.25. The third-order valence-corrected chi connectivity index (χ3v) is 5.29. The average Bonchev–Trinajstić information content (AvgIpc) is 2.99. The molecular weight excluding hydrogens is 351 g/mol. The first-order valence-corrected chi connectivity index (χ1v) is 8.85. The molecule has 1 aromatic carbocycles. The second-order valence-corrected chi connectivity index (χ2v) is 7.42. The van der Waals surface area contributed by atoms with Crippen LogP contribution >= 0.6 is 22.9 Å². The Morgan fingerprint density at radius 3 is 2.58 bits per heavy atom. The monoisotopic (exact) mass is 368 g/mol. The molecule has 3 rings (SSSR count). The lowest BCUT2D eigenvalue weighted by molar-refractivity contribution is 0.0625. The maximum absolute atomic E-state index is 14.1. The lowest BCUT2D eigenvalue weighted by atomic mass is 10.1. The van der Waals surface area contributed by atoms with E-state index in [0.29, 0.717) is 18.8 Å². The summed E-state index contributed by atoms with van der Waals surface area (Å²) in [5.41, 5.74) is 0.0919. The van der Waals surface area contributed by atoms with Gasteiger partial charge in [0.15, 0.2) is 0 Å². The van der Waals surface area contributed by atoms with Gasteiger partial charge in [-0.3, -0.25) is 9.69 Å². The van der Waals surface area contributed by atoms with E-state index in [9.17, 15) is 9.18 Å². The van der Waals surface area contributed by atoms with E-state index in [-0.39, 0.29) is 11.5 Å². The second-order valence-electron chi connectivity index (χ2n) is 5.62. The standard InChI is InChI=1S/C17H18ClFN2O2S/c1-23-12-2-4-14(15(19)10-12)17(22)21-8-6-20(7-9-21)11-13-3-5-16(18)24-13/h2-5,10H,6-9,11H2,1H3. The first kappa shape index (κ1) is 17.2. The highest BCUT2D eigenvalue weighted by Gasteiger charge is 2.24. The molecule has 0 spiro atoms. The largest absolute Gasteiger partial charge is 0.497 e. The molecule has 0 aliphatic carbocycles. The van der Waals surface area contributed by atoms with Gasteiger partial charge in [0.2, 0.25) is 0 Å². The highest BCUT2D eigenvalue weighted by Crippen LogP contribution is 2.23. The van der Waals surface area contributed by atoms with Gasteiger partial charge in [-0.05, 0) is 24.3 Å². The van der Waals surface area contributed by atoms with E-state index in [2.05, 4.69) is 4.90 Å². The predicted molar refractivity (Wildman–Crippen MR) is 93.5 cm³/mol. The molecule has 128 valence electrons. The molecule has 1 aliphatic heterocycles. The molecule has 2 heterocycles. The van der Waals surface area contributed by atoms with Gasteiger partial charge >= 0.3 is 0 Å². The minimum atomic E-state index is -0.546. The number of halogens is 2. The molecule has 2 aromatic rings. The summed E-state index contributed by atoms with van der Waals surface area (Å²) >= 11 is 7.52. The van der Waals surface area contributed by atoms with Crippen LogP contribution in [0.3, 0.4) is 0 Å². The lowest BCUT2D eigenvalue weighted by Gasteiger charge is -2.34. The van der Waals surface area contributed by atoms with E-state index in [1.807, 2.05) is 12.1 Å². The molecule has 24 heavy (non-hydrogen) atoms. The van der Waals surface area contributed by atoms with Crippen LogP contribution in [0.1, 0.15) is 15.2 Å². The van der Waals surface area contributed by atoms with Crippen molar-refractivity contribution in [1.82, 2.24) is 9.80 Å². The third kappa shape index (κ3) is 3.88. The number of hydrogen-bond donors (Lipinski definition) is 0. The number of hydrogen-bond acceptors (Lipinski definition) is 4. The number of carbonyl (C=O) groups excluding carboxylic acids is 1. The van der Waals surface area contributed by atoms with Gasteiger partial charge < -0.3 is 9.64 Å². The number of thiophene rings is 1. The zero-order chi connectivity index (χ0) is 17.1. The quantitative estimate of drug-likeness (QED) is 0.828. The summed E-state index contributed by atoms with van der Waals surface area (Å²) in [5, 5.41) is 0. The Kier molecular flexibility index (Phi) is 5.38. The minimum Gasteiger partial charge on any atom is -0.497 e. The molecule has 0 N–H and O–H groups in total. The fourth-order valence-electron chi connectivity index (χ4n) is 2.73. The smallest absolute Gasteiger partial charge is 0.256 e. The number of piperazine rings is 1. The van der Waals surface area contributed by atoms with Crippen LogP contribution < -0.4 is 4.74 Å². The van der Waals surface area contributed by atoms with E-state index in [0.717, 1.165) is 24.0 Å². The van der Waals surface area contributed by atoms with Crippen LogP contribution in [-0.2, 0) is 6.54 Å². The summed E-state index contributed by atoms with van der Waals surface area (Å²) in [5.74, 6) is -0.410. The number of carbonyl (C=O) groups is 1. The summed E-state index contributed by atoms with van der Waals surface area (Å²) in [6.07, 6.45) is 0. The maximum Gasteiger partial charge on any atom is 0.256 e. The van der Waals surface area contributed by atoms with Crippen molar-refractivity contribution >= 4 is 28.8 Å². The molecule has 0 atom stereocenters. The highest BCUT2D eigenvalue weighted by molar-refractivity contribution is 7.16. The van der Waals surface area contributed by atoms with Gasteiger partial charge in [0.1, 0.15) is 11.6 Å². The van der Waals surface area contributed by atoms with Gasteiger partial charge in [0.05, 0.1) is 17.0 Å². The number of nitrogens with zero attached hydrogens (tertiary/aromatic N) is 2. The third-order valence-electron chi connectivity index (χ3n) is 4.07. The Morgan fingerprint density at radius 2 is 2.00 bits per heavy atom. The first-order chi connectivity index (χ1) is 11.6. The van der Waals surface area contributed by atoms with E-state index in [1.165, 1.54) is 24.1 Å². The summed E-state index contributed by atoms with van der Waals surface area (Å²) < 4.78 is 19.8. The van der Waals surface area contributed by atoms with Crippen molar-refractivity contribution in [2.45, 2.75) is 6.54 Å². The van der Waals surface area contributed by atoms with Crippen molar-refractivity contribution in [1.29, 1.82) is 0 Å². The predicted octanol–water partition coefficient (Wildman–Crippen LogP) is 3.51. The van der Waals surface area contributed by atoms with Crippen LogP contribution in [0.25, 0.3) is 0 Å². The van der Waals surface area contributed by atoms with Crippen LogP contribution in [0.2, 0.25) is 4.34 Å². The van der Waals surface area contributed by atoms with Crippen LogP contribution in [0.5, 0.6) is 5.75 Å². The zero-order valence-electron chi connectivity index (χ0n) is 13.3. The fraction of sp³-hybridized carbons (Fsp3) is 0.353. The van der Waals surface area contributed by atoms with E-state index in [1.54, 1.807) is 22.3 Å². The topological polar surface area (TPSA) is 32.8 Å². The Bertz CT molecular complexity index is 729. The van der Waals surface area contributed by atoms with Crippen LogP contribution in [-0.4, -0.2) is 49.0 Å². The molecule has 1 saturated heterocycles. The van der Waals surface area contributed by atoms with Crippen molar-refractivity contribution in [3.63, 3.8) is 0 Å². The molecular formula is C17H18ClFN2O2S. The number of ether oxygens (including phenoxy) is 1. The molecule has 0 saturated carbocycles. The Hall–Kier alpha value is -1.63. The van der Waals surface area contributed by atoms with Crippen molar-refractivity contribution < 1.29 is 13.9 Å². The molecule has 1 aromatic heterocycles. The van der Waals surface area contributed by atoms with Crippen molar-refractivity contribution in [2.24, 2.45) is 0 Å². The summed E-state index contributed by atoms with van der Waals surface area (Å²) in [4.78, 5) is 17.7. The van der Waals surface area contributed by atoms with Gasteiger partial charge in [0, 0.05) is 43.7 Å². The van der Waals surface area contributed by atoms with Gasteiger partial charge in [-0.2, -0.15) is 0 Å². The van der Waals surface area contributed by atoms with Crippen molar-refractivity contribution in [3.05, 3.63) is 50.9 Å². The maximum atomic E-state index is 14.1. The highest BCUT2D eigenvalue weighted by atomic mass is 35.5. The van der Waals surface area contributed by atoms with Gasteiger partial charge in [-0.1, -0.05) is 11.6 Å². The first-order valence-electron chi connectivity index (χ1n) is 7.66. The van der Waals surface area contributed by atoms with Gasteiger partial charge in [-0.15, -0.1) is 11.3 Å². The van der Waals surface area contributed by atoms with E-state index in [4.69, 9.17) is 16.3 Å². The Balaban J connectivity index is 1.59. The Labute approximate surface area is 149 Å². The molecule has 7 heteroatoms. The number of benzene rings is 1. The summed E-state index contributed by atoms with van der Waals surface area (Å²) in [6.45, 7) is 3.53. The molecule has 0 radical (unpaired) electrons. The van der Waals surface area contributed by atoms with Crippen LogP contribution in [0, 0.1) is 5.82 Å². The number of amides is 1. The zero-order valence-corrected chi connectivity index (χ0v) is 14.9. The van der Waals surface area contributed by atoms with Crippen molar-refractivity contribution in [3.8, 4) is 5.75 Å². The van der Waals surface area contributed by atoms with E-state index < -0.39 is 5.82 Å². The van der Waals surface area contributed by atoms with Crippen LogP contribution in [0.4, 0.5) is 4.39 Å². The molecule has 1 fully saturated rings. The molecule has 0 unspecified atom stereocenters. The SMILES string of the molecule is COc1ccc(C(=O)N2CCN(Cc3ccc(Cl)s3)CC2)c(F)c1. The normalized spacial score (nSPS) is 15.5. The number of rotatable bonds is 4. The molecule has 1 amide bonds. The van der Waals surface area contributed by atoms with Crippen LogP contribution in [0.15, 0.2) is 30.3 Å². The average molecular weight is 369 g/mol.